The summed E-state index contributed by atoms with van der Waals surface area (Å²) in [6, 6.07) is 0. The van der Waals surface area contributed by atoms with Gasteiger partial charge in [-0.3, -0.25) is 0 Å². The molecule has 0 heteroatoms. The fourth-order valence-corrected chi connectivity index (χ4v) is 1.59. The molecule has 62 valence electrons. The van der Waals surface area contributed by atoms with Crippen LogP contribution in [0.1, 0.15) is 33.1 Å². The molecular formula is C11H18. The van der Waals surface area contributed by atoms with E-state index >= 15 is 0 Å². The van der Waals surface area contributed by atoms with E-state index in [4.69, 9.17) is 0 Å². The van der Waals surface area contributed by atoms with Crippen LogP contribution in [0.25, 0.3) is 0 Å². The van der Waals surface area contributed by atoms with Crippen molar-refractivity contribution in [3.05, 3.63) is 24.3 Å². The lowest BCUT2D eigenvalue weighted by Gasteiger charge is -2.20. The summed E-state index contributed by atoms with van der Waals surface area (Å²) in [6.07, 6.45) is 13.1. The van der Waals surface area contributed by atoms with Gasteiger partial charge in [-0.25, -0.2) is 0 Å². The Hall–Kier alpha value is -0.520. The van der Waals surface area contributed by atoms with Crippen molar-refractivity contribution in [2.75, 3.05) is 0 Å². The fraction of sp³-hybridized carbons (Fsp3) is 0.636. The summed E-state index contributed by atoms with van der Waals surface area (Å²) < 4.78 is 0. The van der Waals surface area contributed by atoms with Gasteiger partial charge in [0.15, 0.2) is 0 Å². The lowest BCUT2D eigenvalue weighted by molar-refractivity contribution is 0.459. The van der Waals surface area contributed by atoms with Crippen molar-refractivity contribution < 1.29 is 0 Å². The first-order valence-electron chi connectivity index (χ1n) is 4.68. The molecule has 1 aliphatic carbocycles. The minimum Gasteiger partial charge on any atom is -0.0885 e. The van der Waals surface area contributed by atoms with Crippen LogP contribution in [0.4, 0.5) is 0 Å². The normalized spacial score (nSPS) is 31.5. The van der Waals surface area contributed by atoms with E-state index in [-0.39, 0.29) is 0 Å². The highest BCUT2D eigenvalue weighted by Crippen LogP contribution is 2.25. The standard InChI is InChI=1S/C11H18/c1-3-4-8-11-9-6-5-7-10(11)2/h4-5,7-8,10-11H,3,6,9H2,1-2H3/b8-4-. The van der Waals surface area contributed by atoms with Crippen molar-refractivity contribution in [2.45, 2.75) is 33.1 Å². The molecule has 0 N–H and O–H groups in total. The van der Waals surface area contributed by atoms with E-state index in [9.17, 15) is 0 Å². The van der Waals surface area contributed by atoms with Gasteiger partial charge in [0.1, 0.15) is 0 Å². The first-order chi connectivity index (χ1) is 5.34. The second-order valence-electron chi connectivity index (χ2n) is 3.36. The minimum absolute atomic E-state index is 0.756. The van der Waals surface area contributed by atoms with Gasteiger partial charge in [0.25, 0.3) is 0 Å². The third-order valence-electron chi connectivity index (χ3n) is 2.40. The second kappa shape index (κ2) is 4.38. The lowest BCUT2D eigenvalue weighted by atomic mass is 9.85. The Kier molecular flexibility index (Phi) is 3.41. The monoisotopic (exact) mass is 150 g/mol. The Bertz CT molecular complexity index is 153. The second-order valence-corrected chi connectivity index (χ2v) is 3.36. The van der Waals surface area contributed by atoms with E-state index in [1.165, 1.54) is 19.3 Å². The average molecular weight is 150 g/mol. The zero-order valence-electron chi connectivity index (χ0n) is 7.59. The number of allylic oxidation sites excluding steroid dienone is 4. The van der Waals surface area contributed by atoms with Crippen LogP contribution in [-0.2, 0) is 0 Å². The van der Waals surface area contributed by atoms with Crippen LogP contribution in [0.15, 0.2) is 24.3 Å². The molecule has 0 aromatic carbocycles. The van der Waals surface area contributed by atoms with E-state index in [0.717, 1.165) is 11.8 Å². The smallest absolute Gasteiger partial charge is 0.0170 e. The van der Waals surface area contributed by atoms with Gasteiger partial charge < -0.3 is 0 Å². The Morgan fingerprint density at radius 1 is 1.55 bits per heavy atom. The highest BCUT2D eigenvalue weighted by atomic mass is 14.2. The zero-order valence-corrected chi connectivity index (χ0v) is 7.59. The molecule has 0 radical (unpaired) electrons. The van der Waals surface area contributed by atoms with E-state index < -0.39 is 0 Å². The maximum atomic E-state index is 2.38. The predicted molar refractivity (Wildman–Crippen MR) is 50.5 cm³/mol. The van der Waals surface area contributed by atoms with Crippen molar-refractivity contribution in [1.82, 2.24) is 0 Å². The van der Waals surface area contributed by atoms with Crippen molar-refractivity contribution in [3.8, 4) is 0 Å². The molecule has 0 bridgehead atoms. The molecule has 2 unspecified atom stereocenters. The molecule has 0 aliphatic heterocycles. The Labute approximate surface area is 70.0 Å². The Morgan fingerprint density at radius 3 is 3.00 bits per heavy atom. The first kappa shape index (κ1) is 8.58. The molecule has 0 amide bonds. The van der Waals surface area contributed by atoms with Crippen LogP contribution in [0.5, 0.6) is 0 Å². The summed E-state index contributed by atoms with van der Waals surface area (Å²) in [5.41, 5.74) is 0. The molecule has 0 aromatic rings. The molecule has 1 aliphatic rings. The summed E-state index contributed by atoms with van der Waals surface area (Å²) >= 11 is 0. The predicted octanol–water partition coefficient (Wildman–Crippen LogP) is 3.55. The van der Waals surface area contributed by atoms with Gasteiger partial charge in [0.05, 0.1) is 0 Å². The zero-order chi connectivity index (χ0) is 8.10. The van der Waals surface area contributed by atoms with E-state index in [0.29, 0.717) is 0 Å². The van der Waals surface area contributed by atoms with E-state index in [1.807, 2.05) is 0 Å². The fourth-order valence-electron chi connectivity index (χ4n) is 1.59. The molecule has 0 fully saturated rings. The van der Waals surface area contributed by atoms with Gasteiger partial charge in [0, 0.05) is 0 Å². The Balaban J connectivity index is 2.44. The topological polar surface area (TPSA) is 0 Å². The van der Waals surface area contributed by atoms with Gasteiger partial charge in [-0.15, -0.1) is 0 Å². The van der Waals surface area contributed by atoms with Gasteiger partial charge in [-0.2, -0.15) is 0 Å². The SMILES string of the molecule is CC/C=C\C1CCC=CC1C. The maximum Gasteiger partial charge on any atom is -0.0170 e. The summed E-state index contributed by atoms with van der Waals surface area (Å²) in [6.45, 7) is 4.50. The number of rotatable bonds is 2. The van der Waals surface area contributed by atoms with Crippen LogP contribution in [0.2, 0.25) is 0 Å². The molecule has 0 nitrogen and oxygen atoms in total. The third-order valence-corrected chi connectivity index (χ3v) is 2.40. The molecule has 0 saturated carbocycles. The molecule has 1 rings (SSSR count). The number of hydrogen-bond acceptors (Lipinski definition) is 0. The quantitative estimate of drug-likeness (QED) is 0.528. The first-order valence-corrected chi connectivity index (χ1v) is 4.68. The average Bonchev–Trinajstić information content (AvgIpc) is 2.03. The molecule has 0 heterocycles. The molecule has 0 saturated heterocycles. The molecular weight excluding hydrogens is 132 g/mol. The minimum atomic E-state index is 0.756. The van der Waals surface area contributed by atoms with Crippen LogP contribution < -0.4 is 0 Å². The maximum absolute atomic E-state index is 2.38. The van der Waals surface area contributed by atoms with Gasteiger partial charge >= 0.3 is 0 Å². The highest BCUT2D eigenvalue weighted by molar-refractivity contribution is 5.02. The van der Waals surface area contributed by atoms with E-state index in [1.54, 1.807) is 0 Å². The Morgan fingerprint density at radius 2 is 2.36 bits per heavy atom. The largest absolute Gasteiger partial charge is 0.0885 e. The number of hydrogen-bond donors (Lipinski definition) is 0. The van der Waals surface area contributed by atoms with Gasteiger partial charge in [-0.1, -0.05) is 38.2 Å². The summed E-state index contributed by atoms with van der Waals surface area (Å²) in [4.78, 5) is 0. The van der Waals surface area contributed by atoms with Crippen LogP contribution in [0.3, 0.4) is 0 Å². The van der Waals surface area contributed by atoms with Gasteiger partial charge in [0.2, 0.25) is 0 Å². The lowest BCUT2D eigenvalue weighted by Crippen LogP contribution is -2.09. The van der Waals surface area contributed by atoms with Crippen molar-refractivity contribution in [2.24, 2.45) is 11.8 Å². The van der Waals surface area contributed by atoms with E-state index in [2.05, 4.69) is 38.2 Å². The van der Waals surface area contributed by atoms with Crippen LogP contribution >= 0.6 is 0 Å². The molecule has 0 spiro atoms. The van der Waals surface area contributed by atoms with Crippen LogP contribution in [-0.4, -0.2) is 0 Å². The van der Waals surface area contributed by atoms with Crippen LogP contribution in [0, 0.1) is 11.8 Å². The highest BCUT2D eigenvalue weighted by Gasteiger charge is 2.13. The van der Waals surface area contributed by atoms with Crippen molar-refractivity contribution in [1.29, 1.82) is 0 Å². The molecule has 0 aromatic heterocycles. The summed E-state index contributed by atoms with van der Waals surface area (Å²) in [5, 5.41) is 0. The van der Waals surface area contributed by atoms with Crippen molar-refractivity contribution in [3.63, 3.8) is 0 Å². The third kappa shape index (κ3) is 2.53. The van der Waals surface area contributed by atoms with Crippen molar-refractivity contribution >= 4 is 0 Å². The summed E-state index contributed by atoms with van der Waals surface area (Å²) in [5.74, 6) is 1.56. The molecule has 2 atom stereocenters. The van der Waals surface area contributed by atoms with Gasteiger partial charge in [-0.05, 0) is 31.1 Å². The molecule has 11 heavy (non-hydrogen) atoms. The summed E-state index contributed by atoms with van der Waals surface area (Å²) in [7, 11) is 0.